The summed E-state index contributed by atoms with van der Waals surface area (Å²) in [6, 6.07) is 5.10. The van der Waals surface area contributed by atoms with E-state index in [2.05, 4.69) is 44.9 Å². The fourth-order valence-electron chi connectivity index (χ4n) is 4.15. The Hall–Kier alpha value is -0.820. The minimum absolute atomic E-state index is 0.269. The smallest absolute Gasteiger partial charge is 0.0234 e. The molecule has 0 atom stereocenters. The lowest BCUT2D eigenvalue weighted by atomic mass is 9.77. The molecule has 1 heterocycles. The van der Waals surface area contributed by atoms with Gasteiger partial charge >= 0.3 is 0 Å². The highest BCUT2D eigenvalue weighted by Crippen LogP contribution is 2.57. The summed E-state index contributed by atoms with van der Waals surface area (Å²) in [5.41, 5.74) is 7.51. The van der Waals surface area contributed by atoms with E-state index in [1.54, 1.807) is 22.3 Å². The van der Waals surface area contributed by atoms with Crippen LogP contribution in [0.25, 0.3) is 0 Å². The van der Waals surface area contributed by atoms with E-state index >= 15 is 0 Å². The monoisotopic (exact) mass is 269 g/mol. The second kappa shape index (κ2) is 3.88. The highest BCUT2D eigenvalue weighted by Gasteiger charge is 2.51. The van der Waals surface area contributed by atoms with E-state index in [0.29, 0.717) is 5.41 Å². The molecule has 0 saturated heterocycles. The Morgan fingerprint density at radius 2 is 1.85 bits per heavy atom. The van der Waals surface area contributed by atoms with Crippen molar-refractivity contribution in [3.63, 3.8) is 0 Å². The molecule has 3 aliphatic rings. The molecule has 0 radical (unpaired) electrons. The van der Waals surface area contributed by atoms with Crippen LogP contribution in [-0.4, -0.2) is 18.5 Å². The van der Waals surface area contributed by atoms with Crippen LogP contribution >= 0.6 is 0 Å². The molecule has 1 nitrogen and oxygen atoms in total. The third-order valence-electron chi connectivity index (χ3n) is 5.53. The summed E-state index contributed by atoms with van der Waals surface area (Å²) in [6.07, 6.45) is 5.68. The molecule has 1 heteroatoms. The third kappa shape index (κ3) is 1.94. The zero-order valence-corrected chi connectivity index (χ0v) is 13.4. The first-order valence-electron chi connectivity index (χ1n) is 8.25. The van der Waals surface area contributed by atoms with E-state index in [9.17, 15) is 0 Å². The standard InChI is InChI=1S/C19H27N/c1-18(2,3)15-9-14-11-20(4)12-19(7-8-19)17(14)16(10-15)13-5-6-13/h9-10,13H,5-8,11-12H2,1-4H3. The Kier molecular flexibility index (Phi) is 2.50. The van der Waals surface area contributed by atoms with Crippen molar-refractivity contribution in [2.24, 2.45) is 0 Å². The number of rotatable bonds is 1. The highest BCUT2D eigenvalue weighted by molar-refractivity contribution is 5.52. The lowest BCUT2D eigenvalue weighted by molar-refractivity contribution is 0.269. The maximum Gasteiger partial charge on any atom is 0.0234 e. The van der Waals surface area contributed by atoms with Crippen LogP contribution in [0.1, 0.15) is 74.6 Å². The molecule has 0 unspecified atom stereocenters. The average Bonchev–Trinajstić information content (AvgIpc) is 3.20. The first-order valence-corrected chi connectivity index (χ1v) is 8.25. The van der Waals surface area contributed by atoms with Gasteiger partial charge in [-0.1, -0.05) is 32.9 Å². The molecule has 0 bridgehead atoms. The van der Waals surface area contributed by atoms with Crippen LogP contribution in [0, 0.1) is 0 Å². The highest BCUT2D eigenvalue weighted by atomic mass is 15.1. The zero-order valence-electron chi connectivity index (χ0n) is 13.4. The largest absolute Gasteiger partial charge is 0.301 e. The van der Waals surface area contributed by atoms with Crippen LogP contribution in [0.5, 0.6) is 0 Å². The number of nitrogens with zero attached hydrogens (tertiary/aromatic N) is 1. The Morgan fingerprint density at radius 1 is 1.15 bits per heavy atom. The van der Waals surface area contributed by atoms with Crippen LogP contribution in [0.2, 0.25) is 0 Å². The maximum atomic E-state index is 2.57. The molecule has 0 aromatic heterocycles. The van der Waals surface area contributed by atoms with Crippen molar-refractivity contribution in [2.45, 2.75) is 69.7 Å². The molecule has 0 N–H and O–H groups in total. The number of likely N-dealkylation sites (N-methyl/N-ethyl adjacent to an activating group) is 1. The maximum absolute atomic E-state index is 2.57. The summed E-state index contributed by atoms with van der Waals surface area (Å²) in [5, 5.41) is 0. The van der Waals surface area contributed by atoms with Gasteiger partial charge in [0.25, 0.3) is 0 Å². The van der Waals surface area contributed by atoms with E-state index in [1.165, 1.54) is 32.2 Å². The van der Waals surface area contributed by atoms with Crippen molar-refractivity contribution in [2.75, 3.05) is 13.6 Å². The first-order chi connectivity index (χ1) is 9.39. The van der Waals surface area contributed by atoms with Gasteiger partial charge in [-0.2, -0.15) is 0 Å². The second-order valence-corrected chi connectivity index (χ2v) is 8.58. The van der Waals surface area contributed by atoms with Crippen molar-refractivity contribution in [1.29, 1.82) is 0 Å². The number of hydrogen-bond donors (Lipinski definition) is 0. The normalized spacial score (nSPS) is 24.8. The fraction of sp³-hybridized carbons (Fsp3) is 0.684. The molecule has 1 spiro atoms. The van der Waals surface area contributed by atoms with Crippen molar-refractivity contribution in [3.8, 4) is 0 Å². The first kappa shape index (κ1) is 12.9. The Morgan fingerprint density at radius 3 is 2.40 bits per heavy atom. The van der Waals surface area contributed by atoms with Gasteiger partial charge < -0.3 is 4.90 Å². The molecule has 1 aromatic rings. The van der Waals surface area contributed by atoms with Crippen LogP contribution < -0.4 is 0 Å². The van der Waals surface area contributed by atoms with Crippen molar-refractivity contribution in [1.82, 2.24) is 4.90 Å². The summed E-state index contributed by atoms with van der Waals surface area (Å²) >= 11 is 0. The van der Waals surface area contributed by atoms with E-state index in [-0.39, 0.29) is 5.41 Å². The van der Waals surface area contributed by atoms with Gasteiger partial charge in [0.05, 0.1) is 0 Å². The molecule has 20 heavy (non-hydrogen) atoms. The Bertz CT molecular complexity index is 556. The molecule has 1 aromatic carbocycles. The number of hydrogen-bond acceptors (Lipinski definition) is 1. The van der Waals surface area contributed by atoms with Crippen molar-refractivity contribution >= 4 is 0 Å². The minimum Gasteiger partial charge on any atom is -0.301 e. The zero-order chi connectivity index (χ0) is 14.1. The van der Waals surface area contributed by atoms with Gasteiger partial charge in [-0.3, -0.25) is 0 Å². The van der Waals surface area contributed by atoms with Crippen LogP contribution in [0.3, 0.4) is 0 Å². The van der Waals surface area contributed by atoms with E-state index < -0.39 is 0 Å². The van der Waals surface area contributed by atoms with Gasteiger partial charge in [-0.25, -0.2) is 0 Å². The van der Waals surface area contributed by atoms with Gasteiger partial charge in [0.2, 0.25) is 0 Å². The van der Waals surface area contributed by atoms with Crippen LogP contribution in [0.4, 0.5) is 0 Å². The fourth-order valence-corrected chi connectivity index (χ4v) is 4.15. The van der Waals surface area contributed by atoms with Crippen molar-refractivity contribution < 1.29 is 0 Å². The Balaban J connectivity index is 1.91. The predicted molar refractivity (Wildman–Crippen MR) is 84.4 cm³/mol. The topological polar surface area (TPSA) is 3.24 Å². The summed E-state index contributed by atoms with van der Waals surface area (Å²) in [5.74, 6) is 0.881. The molecule has 4 rings (SSSR count). The van der Waals surface area contributed by atoms with Gasteiger partial charge in [0, 0.05) is 18.5 Å². The third-order valence-corrected chi connectivity index (χ3v) is 5.53. The van der Waals surface area contributed by atoms with Gasteiger partial charge in [-0.15, -0.1) is 0 Å². The molecular weight excluding hydrogens is 242 g/mol. The van der Waals surface area contributed by atoms with Gasteiger partial charge in [0.15, 0.2) is 0 Å². The second-order valence-electron chi connectivity index (χ2n) is 8.58. The van der Waals surface area contributed by atoms with Gasteiger partial charge in [-0.05, 0) is 66.3 Å². The quantitative estimate of drug-likeness (QED) is 0.733. The molecule has 2 saturated carbocycles. The molecule has 2 aliphatic carbocycles. The predicted octanol–water partition coefficient (Wildman–Crippen LogP) is 4.34. The van der Waals surface area contributed by atoms with Gasteiger partial charge in [0.1, 0.15) is 0 Å². The lowest BCUT2D eigenvalue weighted by Gasteiger charge is -2.36. The average molecular weight is 269 g/mol. The molecule has 1 aliphatic heterocycles. The van der Waals surface area contributed by atoms with Crippen molar-refractivity contribution in [3.05, 3.63) is 34.4 Å². The van der Waals surface area contributed by atoms with Crippen LogP contribution in [0.15, 0.2) is 12.1 Å². The molecule has 108 valence electrons. The number of benzene rings is 1. The summed E-state index contributed by atoms with van der Waals surface area (Å²) in [4.78, 5) is 2.54. The van der Waals surface area contributed by atoms with E-state index in [1.807, 2.05) is 0 Å². The SMILES string of the molecule is CN1Cc2cc(C(C)(C)C)cc(C3CC3)c2C2(CC2)C1. The van der Waals surface area contributed by atoms with Crippen LogP contribution in [-0.2, 0) is 17.4 Å². The lowest BCUT2D eigenvalue weighted by Crippen LogP contribution is -2.36. The minimum atomic E-state index is 0.269. The summed E-state index contributed by atoms with van der Waals surface area (Å²) in [6.45, 7) is 9.50. The number of fused-ring (bicyclic) bond motifs is 2. The molecule has 0 amide bonds. The summed E-state index contributed by atoms with van der Waals surface area (Å²) < 4.78 is 0. The Labute approximate surface area is 123 Å². The van der Waals surface area contributed by atoms with E-state index in [0.717, 1.165) is 12.5 Å². The van der Waals surface area contributed by atoms with E-state index in [4.69, 9.17) is 0 Å². The summed E-state index contributed by atoms with van der Waals surface area (Å²) in [7, 11) is 2.30. The molecule has 2 fully saturated rings. The molecular formula is C19H27N.